The second-order valence-electron chi connectivity index (χ2n) is 27.4. The molecule has 3 amide bonds. The topological polar surface area (TPSA) is 148 Å². The Morgan fingerprint density at radius 2 is 1.65 bits per heavy atom. The summed E-state index contributed by atoms with van der Waals surface area (Å²) in [5, 5.41) is 5.46. The third-order valence-corrected chi connectivity index (χ3v) is 20.7. The van der Waals surface area contributed by atoms with E-state index in [0.29, 0.717) is 83.9 Å². The fourth-order valence-electron chi connectivity index (χ4n) is 15.8. The number of alkyl halides is 3. The number of carbonyl (C=O) groups is 4. The zero-order chi connectivity index (χ0) is 58.4. The summed E-state index contributed by atoms with van der Waals surface area (Å²) in [6.07, 6.45) is 8.56. The standard InChI is InChI=1S/C65H85F3N10O6/c1-40(83-5)54-49(33-47(35-69-54)74-28-26-73(27-29-74)46-18-19-46)57-50-34-63(2,3)39-84-62(82)51-14-9-23-78(71-51)60(80)52(31-41-10-8-13-44(30-41)45-17-20-53(48(50)32-45)77(57)38-65(66,67)68)70-59(79)56(42-11-6-7-12-42)75-24-21-64(36-75)22-25-76(37-64)61(81)58-55(72(58)4)43-15-16-43/h8,10,13,17,20,30,32-33,35,40,42-43,46,51-52,55-56,58,71H,6-7,9,11-12,14-16,18-19,21-29,31,34,36-39H2,1-5H3,(H,70,79)/t40-,51-,52-,55+,56-,58+,64-,72?/m0/s1. The number of anilines is 1. The molecule has 2 N–H and O–H groups in total. The van der Waals surface area contributed by atoms with Gasteiger partial charge in [-0.05, 0) is 143 Å². The largest absolute Gasteiger partial charge is 0.464 e. The van der Waals surface area contributed by atoms with Crippen LogP contribution in [0.15, 0.2) is 54.7 Å². The predicted molar refractivity (Wildman–Crippen MR) is 314 cm³/mol. The van der Waals surface area contributed by atoms with Gasteiger partial charge < -0.3 is 29.2 Å². The van der Waals surface area contributed by atoms with E-state index in [1.165, 1.54) is 35.3 Å². The number of amides is 3. The van der Waals surface area contributed by atoms with Crippen LogP contribution in [0, 0.1) is 22.7 Å². The van der Waals surface area contributed by atoms with Crippen LogP contribution < -0.4 is 15.6 Å². The summed E-state index contributed by atoms with van der Waals surface area (Å²) in [6, 6.07) is 14.2. The van der Waals surface area contributed by atoms with E-state index in [9.17, 15) is 9.59 Å². The van der Waals surface area contributed by atoms with Crippen molar-refractivity contribution >= 4 is 40.3 Å². The van der Waals surface area contributed by atoms with Gasteiger partial charge in [0.05, 0.1) is 42.0 Å². The van der Waals surface area contributed by atoms with Gasteiger partial charge in [0.15, 0.2) is 0 Å². The number of nitrogens with one attached hydrogen (secondary N) is 2. The third-order valence-electron chi connectivity index (χ3n) is 20.7. The molecule has 2 aromatic heterocycles. The summed E-state index contributed by atoms with van der Waals surface area (Å²) in [5.41, 5.74) is 8.11. The molecule has 8 heterocycles. The molecule has 8 fully saturated rings. The number of halogens is 3. The van der Waals surface area contributed by atoms with Gasteiger partial charge >= 0.3 is 12.1 Å². The lowest BCUT2D eigenvalue weighted by molar-refractivity contribution is -0.155. The number of rotatable bonds is 12. The second-order valence-corrected chi connectivity index (χ2v) is 27.4. The first-order valence-corrected chi connectivity index (χ1v) is 31.5. The summed E-state index contributed by atoms with van der Waals surface area (Å²) >= 11 is 0. The molecule has 5 saturated heterocycles. The summed E-state index contributed by atoms with van der Waals surface area (Å²) in [7, 11) is 3.66. The van der Waals surface area contributed by atoms with Gasteiger partial charge in [0.2, 0.25) is 11.8 Å². The number of benzene rings is 2. The average molecular weight is 1160 g/mol. The van der Waals surface area contributed by atoms with Crippen LogP contribution in [0.2, 0.25) is 0 Å². The van der Waals surface area contributed by atoms with Crippen LogP contribution in [0.3, 0.4) is 0 Å². The van der Waals surface area contributed by atoms with Gasteiger partial charge in [0.1, 0.15) is 24.7 Å². The minimum Gasteiger partial charge on any atom is -0.464 e. The van der Waals surface area contributed by atoms with Gasteiger partial charge in [-0.25, -0.2) is 5.43 Å². The highest BCUT2D eigenvalue weighted by atomic mass is 19.4. The number of aromatic nitrogens is 2. The first-order valence-electron chi connectivity index (χ1n) is 31.5. The SMILES string of the molecule is CO[C@@H](C)c1ncc(N2CCN(C3CC3)CC2)cc1-c1c2c3cc(ccc3n1CC(F)(F)F)-c1cccc(c1)C[C@H](NC(=O)[C@H](C1CCCC1)N1CC[C@]3(CCN(C(=O)[C@H]4[C@@H](C5CC5)N4C)C3)C1)C(=O)N1CCC[C@H](N1)C(=O)OCC(C)(C)C2. The molecule has 1 unspecified atom stereocenters. The summed E-state index contributed by atoms with van der Waals surface area (Å²) in [5.74, 6) is -0.0466. The molecule has 1 spiro atoms. The zero-order valence-corrected chi connectivity index (χ0v) is 49.7. The molecule has 452 valence electrons. The van der Waals surface area contributed by atoms with Crippen molar-refractivity contribution in [2.75, 3.05) is 84.6 Å². The lowest BCUT2D eigenvalue weighted by Gasteiger charge is -2.37. The number of cyclic esters (lactones) is 1. The smallest absolute Gasteiger partial charge is 0.406 e. The highest BCUT2D eigenvalue weighted by Crippen LogP contribution is 2.49. The van der Waals surface area contributed by atoms with Gasteiger partial charge in [0.25, 0.3) is 5.91 Å². The number of pyridine rings is 1. The fraction of sp³-hybridized carbons (Fsp3) is 0.646. The number of hydrogen-bond acceptors (Lipinski definition) is 12. The normalized spacial score (nSPS) is 28.9. The molecule has 16 nitrogen and oxygen atoms in total. The molecule has 6 aliphatic heterocycles. The van der Waals surface area contributed by atoms with Gasteiger partial charge in [-0.3, -0.25) is 43.9 Å². The molecule has 2 aromatic carbocycles. The Kier molecular flexibility index (Phi) is 15.5. The number of carbonyl (C=O) groups excluding carboxylic acids is 4. The molecule has 19 heteroatoms. The Labute approximate surface area is 492 Å². The minimum absolute atomic E-state index is 0.0103. The molecule has 84 heavy (non-hydrogen) atoms. The molecule has 6 bridgehead atoms. The lowest BCUT2D eigenvalue weighted by Crippen LogP contribution is -2.62. The van der Waals surface area contributed by atoms with Crippen molar-refractivity contribution in [3.05, 3.63) is 71.5 Å². The predicted octanol–water partition coefficient (Wildman–Crippen LogP) is 8.15. The number of piperazine rings is 1. The summed E-state index contributed by atoms with van der Waals surface area (Å²) < 4.78 is 59.3. The van der Waals surface area contributed by atoms with Gasteiger partial charge in [-0.2, -0.15) is 13.2 Å². The second kappa shape index (κ2) is 22.6. The summed E-state index contributed by atoms with van der Waals surface area (Å²) in [4.78, 5) is 75.3. The first kappa shape index (κ1) is 57.5. The van der Waals surface area contributed by atoms with E-state index < -0.39 is 48.3 Å². The van der Waals surface area contributed by atoms with Crippen molar-refractivity contribution in [1.82, 2.24) is 44.9 Å². The molecular formula is C65H85F3N10O6. The lowest BCUT2D eigenvalue weighted by atomic mass is 9.84. The van der Waals surface area contributed by atoms with Crippen LogP contribution in [0.4, 0.5) is 18.9 Å². The number of hydrazine groups is 1. The molecule has 8 atom stereocenters. The van der Waals surface area contributed by atoms with Crippen LogP contribution in [0.1, 0.15) is 121 Å². The Hall–Kier alpha value is -5.60. The van der Waals surface area contributed by atoms with Crippen molar-refractivity contribution in [2.24, 2.45) is 22.7 Å². The van der Waals surface area contributed by atoms with Crippen molar-refractivity contribution in [3.63, 3.8) is 0 Å². The number of fused-ring (bicyclic) bond motifs is 6. The molecular weight excluding hydrogens is 1070 g/mol. The summed E-state index contributed by atoms with van der Waals surface area (Å²) in [6.45, 7) is 11.1. The number of nitrogens with zero attached hydrogens (tertiary/aromatic N) is 8. The highest BCUT2D eigenvalue weighted by Gasteiger charge is 2.59. The first-order chi connectivity index (χ1) is 40.3. The van der Waals surface area contributed by atoms with Gasteiger partial charge in [0, 0.05) is 105 Å². The van der Waals surface area contributed by atoms with Crippen molar-refractivity contribution in [1.29, 1.82) is 0 Å². The molecule has 3 aliphatic carbocycles. The minimum atomic E-state index is -4.59. The number of ether oxygens (including phenoxy) is 2. The average Bonchev–Trinajstić information content (AvgIpc) is 2.13. The molecule has 0 radical (unpaired) electrons. The maximum atomic E-state index is 15.3. The number of esters is 1. The maximum Gasteiger partial charge on any atom is 0.406 e. The van der Waals surface area contributed by atoms with E-state index >= 15 is 22.8 Å². The van der Waals surface area contributed by atoms with E-state index in [0.717, 1.165) is 100 Å². The Morgan fingerprint density at radius 3 is 2.39 bits per heavy atom. The number of likely N-dealkylation sites (N-methyl/N-ethyl adjacent to an activating group) is 1. The molecule has 13 rings (SSSR count). The van der Waals surface area contributed by atoms with Crippen LogP contribution in [0.25, 0.3) is 33.3 Å². The fourth-order valence-corrected chi connectivity index (χ4v) is 15.8. The third kappa shape index (κ3) is 11.6. The zero-order valence-electron chi connectivity index (χ0n) is 49.7. The molecule has 3 saturated carbocycles. The van der Waals surface area contributed by atoms with Crippen molar-refractivity contribution in [3.8, 4) is 22.4 Å². The van der Waals surface area contributed by atoms with Crippen LogP contribution >= 0.6 is 0 Å². The van der Waals surface area contributed by atoms with Crippen molar-refractivity contribution in [2.45, 2.75) is 166 Å². The van der Waals surface area contributed by atoms with E-state index in [-0.39, 0.29) is 54.5 Å². The molecule has 9 aliphatic rings. The monoisotopic (exact) mass is 1160 g/mol. The van der Waals surface area contributed by atoms with Gasteiger partial charge in [-0.1, -0.05) is 57.0 Å². The van der Waals surface area contributed by atoms with E-state index in [1.807, 2.05) is 69.4 Å². The quantitative estimate of drug-likeness (QED) is 0.104. The van der Waals surface area contributed by atoms with Gasteiger partial charge in [-0.15, -0.1) is 0 Å². The number of hydrogen-bond donors (Lipinski definition) is 2. The Bertz CT molecular complexity index is 3160. The van der Waals surface area contributed by atoms with Crippen molar-refractivity contribution < 1.29 is 41.8 Å². The van der Waals surface area contributed by atoms with Crippen LogP contribution in [0.5, 0.6) is 0 Å². The van der Waals surface area contributed by atoms with E-state index in [4.69, 9.17) is 14.5 Å². The Balaban J connectivity index is 0.849. The number of methoxy groups -OCH3 is 1. The maximum absolute atomic E-state index is 15.3. The highest BCUT2D eigenvalue weighted by molar-refractivity contribution is 5.96. The van der Waals surface area contributed by atoms with Crippen LogP contribution in [-0.2, 0) is 48.0 Å². The Morgan fingerprint density at radius 1 is 0.893 bits per heavy atom. The van der Waals surface area contributed by atoms with E-state index in [1.54, 1.807) is 13.2 Å². The van der Waals surface area contributed by atoms with Crippen LogP contribution in [-0.4, -0.2) is 180 Å². The molecule has 4 aromatic rings. The number of likely N-dealkylation sites (tertiary alicyclic amines) is 2. The van der Waals surface area contributed by atoms with E-state index in [2.05, 4.69) is 42.3 Å².